The highest BCUT2D eigenvalue weighted by molar-refractivity contribution is 7.09. The van der Waals surface area contributed by atoms with E-state index in [2.05, 4.69) is 26.5 Å². The fourth-order valence-electron chi connectivity index (χ4n) is 3.12. The van der Waals surface area contributed by atoms with E-state index in [1.807, 2.05) is 0 Å². The lowest BCUT2D eigenvalue weighted by Crippen LogP contribution is -2.40. The third kappa shape index (κ3) is 2.52. The van der Waals surface area contributed by atoms with E-state index in [-0.39, 0.29) is 0 Å². The van der Waals surface area contributed by atoms with Gasteiger partial charge in [-0.3, -0.25) is 0 Å². The monoisotopic (exact) mass is 266 g/mol. The second-order valence-corrected chi connectivity index (χ2v) is 6.10. The molecule has 4 nitrogen and oxygen atoms in total. The molecular formula is C13H22N4S. The summed E-state index contributed by atoms with van der Waals surface area (Å²) in [5.41, 5.74) is 0. The van der Waals surface area contributed by atoms with E-state index in [9.17, 15) is 0 Å². The van der Waals surface area contributed by atoms with Gasteiger partial charge in [0.15, 0.2) is 0 Å². The number of hydrogen-bond acceptors (Lipinski definition) is 5. The molecule has 0 saturated carbocycles. The number of aryl methyl sites for hydroxylation is 1. The van der Waals surface area contributed by atoms with E-state index in [1.54, 1.807) is 11.5 Å². The van der Waals surface area contributed by atoms with Gasteiger partial charge >= 0.3 is 0 Å². The molecule has 0 aromatic carbocycles. The molecule has 1 atom stereocenters. The standard InChI is InChI=1S/C13H22N4S/c1-2-12-15-13(18-16-12)17-8-5-10(6-9-17)11-4-3-7-14-11/h10-11,14H,2-9H2,1H3. The highest BCUT2D eigenvalue weighted by Gasteiger charge is 2.29. The summed E-state index contributed by atoms with van der Waals surface area (Å²) in [4.78, 5) is 7.01. The molecule has 0 bridgehead atoms. The van der Waals surface area contributed by atoms with E-state index in [1.165, 1.54) is 32.2 Å². The molecule has 1 N–H and O–H groups in total. The average Bonchev–Trinajstić information content (AvgIpc) is 3.10. The zero-order valence-corrected chi connectivity index (χ0v) is 11.9. The Balaban J connectivity index is 1.55. The second kappa shape index (κ2) is 5.53. The molecule has 2 saturated heterocycles. The van der Waals surface area contributed by atoms with Crippen molar-refractivity contribution < 1.29 is 0 Å². The van der Waals surface area contributed by atoms with Gasteiger partial charge < -0.3 is 10.2 Å². The van der Waals surface area contributed by atoms with Crippen molar-refractivity contribution in [3.8, 4) is 0 Å². The molecule has 1 aromatic rings. The Morgan fingerprint density at radius 1 is 1.33 bits per heavy atom. The molecule has 5 heteroatoms. The molecule has 1 aromatic heterocycles. The topological polar surface area (TPSA) is 41.1 Å². The van der Waals surface area contributed by atoms with Crippen molar-refractivity contribution in [1.82, 2.24) is 14.7 Å². The van der Waals surface area contributed by atoms with Crippen LogP contribution in [0.1, 0.15) is 38.4 Å². The molecule has 3 rings (SSSR count). The molecule has 1 unspecified atom stereocenters. The van der Waals surface area contributed by atoms with Crippen LogP contribution in [0.25, 0.3) is 0 Å². The molecule has 3 heterocycles. The van der Waals surface area contributed by atoms with Crippen molar-refractivity contribution >= 4 is 16.7 Å². The second-order valence-electron chi connectivity index (χ2n) is 5.37. The Kier molecular flexibility index (Phi) is 3.80. The fraction of sp³-hybridized carbons (Fsp3) is 0.846. The predicted octanol–water partition coefficient (Wildman–Crippen LogP) is 2.07. The zero-order valence-electron chi connectivity index (χ0n) is 11.1. The average molecular weight is 266 g/mol. The molecule has 0 spiro atoms. The SMILES string of the molecule is CCc1nsc(N2CCC(C3CCCN3)CC2)n1. The van der Waals surface area contributed by atoms with Crippen LogP contribution in [0.3, 0.4) is 0 Å². The Morgan fingerprint density at radius 2 is 2.17 bits per heavy atom. The minimum atomic E-state index is 0.785. The maximum absolute atomic E-state index is 4.59. The summed E-state index contributed by atoms with van der Waals surface area (Å²) in [6.45, 7) is 5.65. The van der Waals surface area contributed by atoms with Crippen LogP contribution in [-0.4, -0.2) is 35.0 Å². The minimum absolute atomic E-state index is 0.785. The molecule has 2 aliphatic rings. The van der Waals surface area contributed by atoms with E-state index in [0.717, 1.165) is 42.4 Å². The van der Waals surface area contributed by atoms with Crippen LogP contribution < -0.4 is 10.2 Å². The van der Waals surface area contributed by atoms with Crippen LogP contribution in [-0.2, 0) is 6.42 Å². The van der Waals surface area contributed by atoms with Crippen molar-refractivity contribution in [2.75, 3.05) is 24.5 Å². The fourth-order valence-corrected chi connectivity index (χ4v) is 3.92. The molecule has 18 heavy (non-hydrogen) atoms. The summed E-state index contributed by atoms with van der Waals surface area (Å²) in [5.74, 6) is 1.87. The van der Waals surface area contributed by atoms with Gasteiger partial charge in [0, 0.05) is 37.1 Å². The maximum atomic E-state index is 4.59. The minimum Gasteiger partial charge on any atom is -0.347 e. The van der Waals surface area contributed by atoms with Crippen LogP contribution >= 0.6 is 11.5 Å². The first-order chi connectivity index (χ1) is 8.86. The first-order valence-corrected chi connectivity index (χ1v) is 7.95. The first-order valence-electron chi connectivity index (χ1n) is 7.17. The maximum Gasteiger partial charge on any atom is 0.205 e. The quantitative estimate of drug-likeness (QED) is 0.909. The van der Waals surface area contributed by atoms with E-state index in [0.29, 0.717) is 0 Å². The van der Waals surface area contributed by atoms with E-state index < -0.39 is 0 Å². The Hall–Kier alpha value is -0.680. The lowest BCUT2D eigenvalue weighted by atomic mass is 9.89. The van der Waals surface area contributed by atoms with E-state index >= 15 is 0 Å². The Bertz CT molecular complexity index is 378. The molecular weight excluding hydrogens is 244 g/mol. The third-order valence-corrected chi connectivity index (χ3v) is 5.07. The Labute approximate surface area is 113 Å². The number of hydrogen-bond donors (Lipinski definition) is 1. The molecule has 0 radical (unpaired) electrons. The van der Waals surface area contributed by atoms with Gasteiger partial charge in [0.05, 0.1) is 0 Å². The van der Waals surface area contributed by atoms with Crippen molar-refractivity contribution in [2.45, 2.75) is 45.1 Å². The summed E-state index contributed by atoms with van der Waals surface area (Å²) < 4.78 is 4.38. The van der Waals surface area contributed by atoms with Gasteiger partial charge in [-0.1, -0.05) is 6.92 Å². The van der Waals surface area contributed by atoms with Gasteiger partial charge in [-0.05, 0) is 38.1 Å². The van der Waals surface area contributed by atoms with Gasteiger partial charge in [-0.25, -0.2) is 4.98 Å². The highest BCUT2D eigenvalue weighted by atomic mass is 32.1. The number of rotatable bonds is 3. The number of anilines is 1. The molecule has 2 fully saturated rings. The first kappa shape index (κ1) is 12.4. The molecule has 100 valence electrons. The molecule has 2 aliphatic heterocycles. The van der Waals surface area contributed by atoms with Crippen LogP contribution in [0.5, 0.6) is 0 Å². The summed E-state index contributed by atoms with van der Waals surface area (Å²) in [7, 11) is 0. The third-order valence-electron chi connectivity index (χ3n) is 4.25. The van der Waals surface area contributed by atoms with Crippen molar-refractivity contribution in [2.24, 2.45) is 5.92 Å². The van der Waals surface area contributed by atoms with Gasteiger partial charge in [-0.2, -0.15) is 4.37 Å². The van der Waals surface area contributed by atoms with Crippen molar-refractivity contribution in [3.05, 3.63) is 5.82 Å². The normalized spacial score (nSPS) is 25.8. The van der Waals surface area contributed by atoms with Gasteiger partial charge in [0.2, 0.25) is 5.13 Å². The van der Waals surface area contributed by atoms with Crippen LogP contribution in [0, 0.1) is 5.92 Å². The van der Waals surface area contributed by atoms with Crippen molar-refractivity contribution in [1.29, 1.82) is 0 Å². The predicted molar refractivity (Wildman–Crippen MR) is 75.2 cm³/mol. The number of nitrogens with one attached hydrogen (secondary N) is 1. The number of aromatic nitrogens is 2. The van der Waals surface area contributed by atoms with Gasteiger partial charge in [-0.15, -0.1) is 0 Å². The van der Waals surface area contributed by atoms with Gasteiger partial charge in [0.1, 0.15) is 5.82 Å². The summed E-state index contributed by atoms with van der Waals surface area (Å²) in [5, 5.41) is 4.78. The van der Waals surface area contributed by atoms with Crippen LogP contribution in [0.2, 0.25) is 0 Å². The zero-order chi connectivity index (χ0) is 12.4. The van der Waals surface area contributed by atoms with E-state index in [4.69, 9.17) is 0 Å². The molecule has 0 aliphatic carbocycles. The summed E-state index contributed by atoms with van der Waals surface area (Å²) >= 11 is 1.56. The smallest absolute Gasteiger partial charge is 0.205 e. The van der Waals surface area contributed by atoms with Crippen molar-refractivity contribution in [3.63, 3.8) is 0 Å². The lowest BCUT2D eigenvalue weighted by Gasteiger charge is -2.34. The summed E-state index contributed by atoms with van der Waals surface area (Å²) in [6.07, 6.45) is 6.29. The number of piperidine rings is 1. The highest BCUT2D eigenvalue weighted by Crippen LogP contribution is 2.29. The molecule has 0 amide bonds. The Morgan fingerprint density at radius 3 is 2.78 bits per heavy atom. The van der Waals surface area contributed by atoms with Crippen LogP contribution in [0.4, 0.5) is 5.13 Å². The summed E-state index contributed by atoms with van der Waals surface area (Å²) in [6, 6.07) is 0.785. The lowest BCUT2D eigenvalue weighted by molar-refractivity contribution is 0.319. The number of nitrogens with zero attached hydrogens (tertiary/aromatic N) is 3. The van der Waals surface area contributed by atoms with Gasteiger partial charge in [0.25, 0.3) is 0 Å². The van der Waals surface area contributed by atoms with Crippen LogP contribution in [0.15, 0.2) is 0 Å². The largest absolute Gasteiger partial charge is 0.347 e.